The van der Waals surface area contributed by atoms with Crippen LogP contribution in [0.4, 0.5) is 0 Å². The van der Waals surface area contributed by atoms with Crippen molar-refractivity contribution in [3.8, 4) is 5.75 Å². The van der Waals surface area contributed by atoms with E-state index in [1.54, 1.807) is 13.3 Å². The molecule has 4 nitrogen and oxygen atoms in total. The summed E-state index contributed by atoms with van der Waals surface area (Å²) in [6, 6.07) is 8.24. The van der Waals surface area contributed by atoms with Crippen LogP contribution in [0.15, 0.2) is 36.7 Å². The Balaban J connectivity index is 1.62. The van der Waals surface area contributed by atoms with Crippen LogP contribution in [0.3, 0.4) is 0 Å². The number of aromatic amines is 1. The van der Waals surface area contributed by atoms with E-state index < -0.39 is 0 Å². The van der Waals surface area contributed by atoms with Crippen molar-refractivity contribution in [2.45, 2.75) is 19.4 Å². The molecule has 2 aromatic rings. The highest BCUT2D eigenvalue weighted by Gasteiger charge is 1.96. The van der Waals surface area contributed by atoms with Crippen LogP contribution >= 0.6 is 0 Å². The van der Waals surface area contributed by atoms with E-state index in [1.807, 2.05) is 18.3 Å². The van der Waals surface area contributed by atoms with Crippen LogP contribution < -0.4 is 10.1 Å². The zero-order chi connectivity index (χ0) is 12.6. The van der Waals surface area contributed by atoms with Gasteiger partial charge in [-0.15, -0.1) is 0 Å². The first-order valence-corrected chi connectivity index (χ1v) is 6.20. The molecule has 0 unspecified atom stereocenters. The first kappa shape index (κ1) is 12.6. The summed E-state index contributed by atoms with van der Waals surface area (Å²) in [5.41, 5.74) is 1.34. The zero-order valence-electron chi connectivity index (χ0n) is 10.6. The Morgan fingerprint density at radius 2 is 2.11 bits per heavy atom. The predicted octanol–water partition coefficient (Wildman–Crippen LogP) is 2.14. The molecule has 1 aromatic carbocycles. The SMILES string of the molecule is COc1ccc(CCCNCc2ncc[nH]2)cc1. The lowest BCUT2D eigenvalue weighted by molar-refractivity contribution is 0.414. The molecule has 0 amide bonds. The number of benzene rings is 1. The summed E-state index contributed by atoms with van der Waals surface area (Å²) in [4.78, 5) is 7.23. The maximum Gasteiger partial charge on any atom is 0.120 e. The van der Waals surface area contributed by atoms with Gasteiger partial charge in [0.25, 0.3) is 0 Å². The maximum atomic E-state index is 5.13. The van der Waals surface area contributed by atoms with Crippen LogP contribution in [0.25, 0.3) is 0 Å². The van der Waals surface area contributed by atoms with Gasteiger partial charge in [-0.2, -0.15) is 0 Å². The van der Waals surface area contributed by atoms with Gasteiger partial charge in [-0.3, -0.25) is 0 Å². The van der Waals surface area contributed by atoms with Gasteiger partial charge in [0.05, 0.1) is 13.7 Å². The third-order valence-electron chi connectivity index (χ3n) is 2.83. The van der Waals surface area contributed by atoms with Gasteiger partial charge in [-0.1, -0.05) is 12.1 Å². The summed E-state index contributed by atoms with van der Waals surface area (Å²) < 4.78 is 5.13. The molecule has 1 aromatic heterocycles. The fourth-order valence-corrected chi connectivity index (χ4v) is 1.81. The van der Waals surface area contributed by atoms with Gasteiger partial charge in [0, 0.05) is 12.4 Å². The molecule has 96 valence electrons. The van der Waals surface area contributed by atoms with Crippen LogP contribution in [0.2, 0.25) is 0 Å². The normalized spacial score (nSPS) is 10.5. The number of rotatable bonds is 7. The monoisotopic (exact) mass is 245 g/mol. The van der Waals surface area contributed by atoms with Gasteiger partial charge in [0.15, 0.2) is 0 Å². The first-order chi connectivity index (χ1) is 8.88. The predicted molar refractivity (Wildman–Crippen MR) is 71.6 cm³/mol. The number of imidazole rings is 1. The highest BCUT2D eigenvalue weighted by atomic mass is 16.5. The van der Waals surface area contributed by atoms with Crippen molar-refractivity contribution < 1.29 is 4.74 Å². The molecule has 0 saturated heterocycles. The van der Waals surface area contributed by atoms with E-state index in [0.29, 0.717) is 0 Å². The number of hydrogen-bond donors (Lipinski definition) is 2. The Morgan fingerprint density at radius 3 is 2.78 bits per heavy atom. The lowest BCUT2D eigenvalue weighted by Gasteiger charge is -2.04. The molecular weight excluding hydrogens is 226 g/mol. The van der Waals surface area contributed by atoms with E-state index >= 15 is 0 Å². The topological polar surface area (TPSA) is 49.9 Å². The number of hydrogen-bond acceptors (Lipinski definition) is 3. The van der Waals surface area contributed by atoms with Gasteiger partial charge in [0.1, 0.15) is 11.6 Å². The molecule has 0 saturated carbocycles. The Hall–Kier alpha value is -1.81. The zero-order valence-corrected chi connectivity index (χ0v) is 10.6. The van der Waals surface area contributed by atoms with E-state index in [4.69, 9.17) is 4.74 Å². The second-order valence-corrected chi connectivity index (χ2v) is 4.16. The van der Waals surface area contributed by atoms with E-state index in [1.165, 1.54) is 5.56 Å². The summed E-state index contributed by atoms with van der Waals surface area (Å²) in [6.45, 7) is 1.79. The van der Waals surface area contributed by atoms with Gasteiger partial charge >= 0.3 is 0 Å². The second-order valence-electron chi connectivity index (χ2n) is 4.16. The number of nitrogens with one attached hydrogen (secondary N) is 2. The van der Waals surface area contributed by atoms with Crippen molar-refractivity contribution in [1.29, 1.82) is 0 Å². The summed E-state index contributed by atoms with van der Waals surface area (Å²) >= 11 is 0. The van der Waals surface area contributed by atoms with Crippen LogP contribution in [-0.2, 0) is 13.0 Å². The second kappa shape index (κ2) is 6.81. The highest BCUT2D eigenvalue weighted by molar-refractivity contribution is 5.27. The third kappa shape index (κ3) is 3.89. The number of aromatic nitrogens is 2. The van der Waals surface area contributed by atoms with Gasteiger partial charge in [0.2, 0.25) is 0 Å². The van der Waals surface area contributed by atoms with Crippen molar-refractivity contribution in [2.75, 3.05) is 13.7 Å². The molecule has 18 heavy (non-hydrogen) atoms. The van der Waals surface area contributed by atoms with Gasteiger partial charge in [-0.25, -0.2) is 4.98 Å². The minimum atomic E-state index is 0.801. The van der Waals surface area contributed by atoms with Crippen LogP contribution in [0.5, 0.6) is 5.75 Å². The molecule has 0 fully saturated rings. The molecule has 1 heterocycles. The number of aryl methyl sites for hydroxylation is 1. The quantitative estimate of drug-likeness (QED) is 0.735. The summed E-state index contributed by atoms with van der Waals surface area (Å²) in [6.07, 6.45) is 5.81. The Bertz CT molecular complexity index is 437. The summed E-state index contributed by atoms with van der Waals surface area (Å²) in [5.74, 6) is 1.90. The number of H-pyrrole nitrogens is 1. The third-order valence-corrected chi connectivity index (χ3v) is 2.83. The Morgan fingerprint density at radius 1 is 1.28 bits per heavy atom. The fraction of sp³-hybridized carbons (Fsp3) is 0.357. The van der Waals surface area contributed by atoms with Crippen molar-refractivity contribution in [2.24, 2.45) is 0 Å². The molecule has 0 aliphatic carbocycles. The van der Waals surface area contributed by atoms with Gasteiger partial charge in [-0.05, 0) is 37.1 Å². The molecule has 2 rings (SSSR count). The first-order valence-electron chi connectivity index (χ1n) is 6.20. The molecule has 2 N–H and O–H groups in total. The van der Waals surface area contributed by atoms with Crippen molar-refractivity contribution in [3.63, 3.8) is 0 Å². The molecule has 0 atom stereocenters. The molecule has 4 heteroatoms. The van der Waals surface area contributed by atoms with Crippen LogP contribution in [-0.4, -0.2) is 23.6 Å². The van der Waals surface area contributed by atoms with E-state index in [9.17, 15) is 0 Å². The minimum absolute atomic E-state index is 0.801. The van der Waals surface area contributed by atoms with Crippen LogP contribution in [0.1, 0.15) is 17.8 Å². The summed E-state index contributed by atoms with van der Waals surface area (Å²) in [7, 11) is 1.69. The standard InChI is InChI=1S/C14H19N3O/c1-18-13-6-4-12(5-7-13)3-2-8-15-11-14-16-9-10-17-14/h4-7,9-10,15H,2-3,8,11H2,1H3,(H,16,17). The molecule has 0 spiro atoms. The minimum Gasteiger partial charge on any atom is -0.497 e. The van der Waals surface area contributed by atoms with Crippen LogP contribution in [0, 0.1) is 0 Å². The molecule has 0 bridgehead atoms. The van der Waals surface area contributed by atoms with Gasteiger partial charge < -0.3 is 15.0 Å². The number of methoxy groups -OCH3 is 1. The highest BCUT2D eigenvalue weighted by Crippen LogP contribution is 2.12. The lowest BCUT2D eigenvalue weighted by atomic mass is 10.1. The van der Waals surface area contributed by atoms with E-state index in [0.717, 1.165) is 37.5 Å². The van der Waals surface area contributed by atoms with Crippen molar-refractivity contribution in [3.05, 3.63) is 48.0 Å². The van der Waals surface area contributed by atoms with E-state index in [2.05, 4.69) is 27.4 Å². The fourth-order valence-electron chi connectivity index (χ4n) is 1.81. The van der Waals surface area contributed by atoms with Crippen molar-refractivity contribution in [1.82, 2.24) is 15.3 Å². The Labute approximate surface area is 107 Å². The lowest BCUT2D eigenvalue weighted by Crippen LogP contribution is -2.16. The molecule has 0 aliphatic rings. The molecular formula is C14H19N3O. The van der Waals surface area contributed by atoms with Crippen molar-refractivity contribution >= 4 is 0 Å². The number of ether oxygens (including phenoxy) is 1. The average Bonchev–Trinajstić information content (AvgIpc) is 2.92. The number of nitrogens with zero attached hydrogens (tertiary/aromatic N) is 1. The average molecular weight is 245 g/mol. The Kier molecular flexibility index (Phi) is 4.78. The smallest absolute Gasteiger partial charge is 0.120 e. The molecule has 0 aliphatic heterocycles. The largest absolute Gasteiger partial charge is 0.497 e. The maximum absolute atomic E-state index is 5.13. The molecule has 0 radical (unpaired) electrons. The van der Waals surface area contributed by atoms with E-state index in [-0.39, 0.29) is 0 Å². The summed E-state index contributed by atoms with van der Waals surface area (Å²) in [5, 5.41) is 3.36.